The van der Waals surface area contributed by atoms with Crippen molar-refractivity contribution in [3.8, 4) is 5.75 Å². The lowest BCUT2D eigenvalue weighted by molar-refractivity contribution is 0.0544. The summed E-state index contributed by atoms with van der Waals surface area (Å²) in [5, 5.41) is 0.708. The largest absolute Gasteiger partial charge is 0.443 e. The lowest BCUT2D eigenvalue weighted by atomic mass is 10.2. The Morgan fingerprint density at radius 2 is 1.90 bits per heavy atom. The van der Waals surface area contributed by atoms with Gasteiger partial charge in [0.2, 0.25) is 0 Å². The van der Waals surface area contributed by atoms with E-state index in [9.17, 15) is 9.36 Å². The smallest absolute Gasteiger partial charge is 0.428 e. The van der Waals surface area contributed by atoms with E-state index in [-0.39, 0.29) is 5.75 Å². The molecular weight excluding hydrogens is 336 g/mol. The van der Waals surface area contributed by atoms with E-state index in [0.29, 0.717) is 10.9 Å². The molecule has 0 spiro atoms. The number of ether oxygens (including phenoxy) is 1. The third-order valence-corrected chi connectivity index (χ3v) is 3.30. The SMILES string of the molecule is CC(C)(C)OC(=O)n1ccc2cc(OP(=O)(Cl)Cl)ccc21. The summed E-state index contributed by atoms with van der Waals surface area (Å²) in [5.41, 5.74) is 0.0521. The first kappa shape index (κ1) is 16.2. The molecule has 1 heterocycles. The van der Waals surface area contributed by atoms with Gasteiger partial charge in [-0.25, -0.2) is 9.36 Å². The van der Waals surface area contributed by atoms with Crippen LogP contribution in [0.5, 0.6) is 5.75 Å². The van der Waals surface area contributed by atoms with Gasteiger partial charge in [-0.15, -0.1) is 0 Å². The van der Waals surface area contributed by atoms with Crippen molar-refractivity contribution < 1.29 is 18.6 Å². The highest BCUT2D eigenvalue weighted by molar-refractivity contribution is 8.05. The normalized spacial score (nSPS) is 12.4. The number of rotatable bonds is 2. The van der Waals surface area contributed by atoms with Crippen LogP contribution in [-0.2, 0) is 9.30 Å². The summed E-state index contributed by atoms with van der Waals surface area (Å²) in [6, 6.07) is 6.46. The van der Waals surface area contributed by atoms with Crippen molar-refractivity contribution in [2.24, 2.45) is 0 Å². The lowest BCUT2D eigenvalue weighted by Crippen LogP contribution is -2.26. The fourth-order valence-corrected chi connectivity index (χ4v) is 2.61. The quantitative estimate of drug-likeness (QED) is 0.682. The van der Waals surface area contributed by atoms with Gasteiger partial charge in [-0.2, -0.15) is 0 Å². The van der Waals surface area contributed by atoms with Gasteiger partial charge in [-0.05, 0) is 45.0 Å². The molecule has 1 aromatic carbocycles. The summed E-state index contributed by atoms with van der Waals surface area (Å²) in [6.45, 7) is 5.38. The van der Waals surface area contributed by atoms with Crippen LogP contribution in [0.4, 0.5) is 4.79 Å². The molecule has 0 fully saturated rings. The summed E-state index contributed by atoms with van der Waals surface area (Å²) in [5.74, 6) is 0.262. The second-order valence-electron chi connectivity index (χ2n) is 5.39. The van der Waals surface area contributed by atoms with Crippen molar-refractivity contribution in [3.05, 3.63) is 30.5 Å². The average molecular weight is 350 g/mol. The molecule has 8 heteroatoms. The molecule has 0 saturated carbocycles. The minimum absolute atomic E-state index is 0.262. The molecule has 0 radical (unpaired) electrons. The van der Waals surface area contributed by atoms with E-state index in [2.05, 4.69) is 0 Å². The van der Waals surface area contributed by atoms with E-state index in [1.54, 1.807) is 45.2 Å². The van der Waals surface area contributed by atoms with Crippen molar-refractivity contribution in [1.29, 1.82) is 0 Å². The summed E-state index contributed by atoms with van der Waals surface area (Å²) in [4.78, 5) is 12.1. The summed E-state index contributed by atoms with van der Waals surface area (Å²) in [7, 11) is 0. The van der Waals surface area contributed by atoms with Crippen LogP contribution >= 0.6 is 28.6 Å². The third-order valence-electron chi connectivity index (χ3n) is 2.46. The number of carbonyl (C=O) groups excluding carboxylic acids is 1. The minimum atomic E-state index is -3.66. The van der Waals surface area contributed by atoms with Crippen LogP contribution in [0.1, 0.15) is 20.8 Å². The maximum atomic E-state index is 12.1. The number of halogens is 2. The Hall–Kier alpha value is -1.16. The molecule has 0 aliphatic carbocycles. The predicted molar refractivity (Wildman–Crippen MR) is 83.5 cm³/mol. The zero-order valence-corrected chi connectivity index (χ0v) is 14.1. The van der Waals surface area contributed by atoms with Crippen molar-refractivity contribution in [2.45, 2.75) is 26.4 Å². The molecule has 2 aromatic rings. The minimum Gasteiger partial charge on any atom is -0.443 e. The van der Waals surface area contributed by atoms with Crippen LogP contribution in [0.25, 0.3) is 10.9 Å². The number of benzene rings is 1. The zero-order valence-electron chi connectivity index (χ0n) is 11.7. The third kappa shape index (κ3) is 4.40. The van der Waals surface area contributed by atoms with Gasteiger partial charge >= 0.3 is 12.2 Å². The monoisotopic (exact) mass is 349 g/mol. The van der Waals surface area contributed by atoms with Gasteiger partial charge in [-0.3, -0.25) is 4.57 Å². The zero-order chi connectivity index (χ0) is 15.8. The van der Waals surface area contributed by atoms with Crippen LogP contribution in [-0.4, -0.2) is 16.3 Å². The van der Waals surface area contributed by atoms with E-state index < -0.39 is 17.8 Å². The fraction of sp³-hybridized carbons (Fsp3) is 0.308. The Labute approximate surface area is 131 Å². The highest BCUT2D eigenvalue weighted by Gasteiger charge is 2.20. The van der Waals surface area contributed by atoms with Crippen molar-refractivity contribution in [2.75, 3.05) is 0 Å². The van der Waals surface area contributed by atoms with Crippen LogP contribution in [0.15, 0.2) is 30.5 Å². The highest BCUT2D eigenvalue weighted by Crippen LogP contribution is 2.57. The van der Waals surface area contributed by atoms with Gasteiger partial charge in [0.05, 0.1) is 5.52 Å². The number of aromatic nitrogens is 1. The van der Waals surface area contributed by atoms with Gasteiger partial charge in [0.1, 0.15) is 11.4 Å². The van der Waals surface area contributed by atoms with Crippen molar-refractivity contribution >= 4 is 45.6 Å². The first-order chi connectivity index (χ1) is 9.55. The molecule has 0 amide bonds. The van der Waals surface area contributed by atoms with Crippen LogP contribution in [0.3, 0.4) is 0 Å². The van der Waals surface area contributed by atoms with Gasteiger partial charge in [0, 0.05) is 34.1 Å². The van der Waals surface area contributed by atoms with Crippen LogP contribution in [0, 0.1) is 0 Å². The first-order valence-electron chi connectivity index (χ1n) is 6.09. The van der Waals surface area contributed by atoms with Crippen LogP contribution < -0.4 is 4.52 Å². The molecule has 0 N–H and O–H groups in total. The molecule has 21 heavy (non-hydrogen) atoms. The maximum Gasteiger partial charge on any atom is 0.428 e. The topological polar surface area (TPSA) is 57.5 Å². The Morgan fingerprint density at radius 3 is 2.48 bits per heavy atom. The van der Waals surface area contributed by atoms with E-state index in [4.69, 9.17) is 31.7 Å². The molecule has 0 saturated heterocycles. The van der Waals surface area contributed by atoms with Crippen LogP contribution in [0.2, 0.25) is 0 Å². The number of hydrogen-bond donors (Lipinski definition) is 0. The van der Waals surface area contributed by atoms with Gasteiger partial charge in [-0.1, -0.05) is 0 Å². The summed E-state index contributed by atoms with van der Waals surface area (Å²) in [6.07, 6.45) is -2.55. The Morgan fingerprint density at radius 1 is 1.24 bits per heavy atom. The van der Waals surface area contributed by atoms with E-state index >= 15 is 0 Å². The molecule has 114 valence electrons. The Kier molecular flexibility index (Phi) is 4.29. The number of hydrogen-bond acceptors (Lipinski definition) is 4. The fourth-order valence-electron chi connectivity index (χ4n) is 1.77. The molecule has 2 rings (SSSR count). The summed E-state index contributed by atoms with van der Waals surface area (Å²) >= 11 is 10.7. The van der Waals surface area contributed by atoms with Gasteiger partial charge in [0.25, 0.3) is 0 Å². The number of carbonyl (C=O) groups is 1. The van der Waals surface area contributed by atoms with Crippen molar-refractivity contribution in [3.63, 3.8) is 0 Å². The molecule has 0 atom stereocenters. The molecule has 0 aliphatic heterocycles. The predicted octanol–water partition coefficient (Wildman–Crippen LogP) is 5.39. The molecule has 5 nitrogen and oxygen atoms in total. The Balaban J connectivity index is 2.33. The lowest BCUT2D eigenvalue weighted by Gasteiger charge is -2.19. The highest BCUT2D eigenvalue weighted by atomic mass is 35.9. The second-order valence-corrected chi connectivity index (χ2v) is 9.59. The standard InChI is InChI=1S/C13H14Cl2NO4P/c1-13(2,3)19-12(17)16-7-6-9-8-10(4-5-11(9)16)20-21(14,15)18/h4-8H,1-3H3. The molecule has 1 aromatic heterocycles. The van der Waals surface area contributed by atoms with Crippen molar-refractivity contribution in [1.82, 2.24) is 4.57 Å². The van der Waals surface area contributed by atoms with E-state index in [1.807, 2.05) is 0 Å². The van der Waals surface area contributed by atoms with Gasteiger partial charge in [0.15, 0.2) is 0 Å². The first-order valence-corrected chi connectivity index (χ1v) is 9.52. The van der Waals surface area contributed by atoms with Gasteiger partial charge < -0.3 is 9.26 Å². The molecule has 0 unspecified atom stereocenters. The molecule has 0 aliphatic rings. The maximum absolute atomic E-state index is 12.1. The number of fused-ring (bicyclic) bond motifs is 1. The Bertz CT molecular complexity index is 729. The molecular formula is C13H14Cl2NO4P. The van der Waals surface area contributed by atoms with E-state index in [0.717, 1.165) is 0 Å². The van der Waals surface area contributed by atoms with E-state index in [1.165, 1.54) is 10.6 Å². The second kappa shape index (κ2) is 5.56. The number of nitrogens with zero attached hydrogens (tertiary/aromatic N) is 1. The summed E-state index contributed by atoms with van der Waals surface area (Å²) < 4.78 is 22.8. The molecule has 0 bridgehead atoms. The average Bonchev–Trinajstić information content (AvgIpc) is 2.67.